The summed E-state index contributed by atoms with van der Waals surface area (Å²) in [5.41, 5.74) is 5.12. The molecule has 9 heteroatoms. The van der Waals surface area contributed by atoms with Gasteiger partial charge in [-0.3, -0.25) is 19.7 Å². The second-order valence-corrected chi connectivity index (χ2v) is 7.10. The van der Waals surface area contributed by atoms with E-state index >= 15 is 0 Å². The number of hydrogen-bond acceptors (Lipinski definition) is 6. The zero-order valence-corrected chi connectivity index (χ0v) is 18.1. The minimum absolute atomic E-state index is 0.135. The summed E-state index contributed by atoms with van der Waals surface area (Å²) < 4.78 is 5.11. The van der Waals surface area contributed by atoms with Crippen LogP contribution in [0.2, 0.25) is 0 Å². The van der Waals surface area contributed by atoms with Crippen LogP contribution < -0.4 is 15.5 Å². The standard InChI is InChI=1S/C24H22N4O5/c1-16(26-27-24(30)19-4-3-5-21(15-19)28(31)32)18-8-10-20(11-9-18)25-23(29)14-17-6-12-22(33-2)13-7-17/h3-13,15H,14H2,1-2H3,(H,25,29)(H,27,30)/b26-16+. The molecule has 0 heterocycles. The Balaban J connectivity index is 1.57. The van der Waals surface area contributed by atoms with Crippen molar-refractivity contribution < 1.29 is 19.2 Å². The van der Waals surface area contributed by atoms with Crippen LogP contribution in [0.1, 0.15) is 28.4 Å². The van der Waals surface area contributed by atoms with Crippen molar-refractivity contribution in [3.05, 3.63) is 99.6 Å². The minimum atomic E-state index is -0.567. The highest BCUT2D eigenvalue weighted by Crippen LogP contribution is 2.15. The summed E-state index contributed by atoms with van der Waals surface area (Å²) in [5, 5.41) is 17.7. The van der Waals surface area contributed by atoms with Gasteiger partial charge in [0.05, 0.1) is 24.2 Å². The van der Waals surface area contributed by atoms with Crippen molar-refractivity contribution in [1.82, 2.24) is 5.43 Å². The zero-order valence-electron chi connectivity index (χ0n) is 18.1. The first kappa shape index (κ1) is 23.1. The van der Waals surface area contributed by atoms with E-state index in [2.05, 4.69) is 15.8 Å². The molecule has 168 valence electrons. The molecule has 0 bridgehead atoms. The van der Waals surface area contributed by atoms with Gasteiger partial charge in [0.25, 0.3) is 11.6 Å². The summed E-state index contributed by atoms with van der Waals surface area (Å²) in [7, 11) is 1.59. The molecule has 0 aromatic heterocycles. The Bertz CT molecular complexity index is 1190. The Morgan fingerprint density at radius 2 is 1.70 bits per heavy atom. The number of nitro benzene ring substituents is 1. The van der Waals surface area contributed by atoms with Gasteiger partial charge in [0.1, 0.15) is 5.75 Å². The van der Waals surface area contributed by atoms with Gasteiger partial charge in [0, 0.05) is 23.4 Å². The van der Waals surface area contributed by atoms with E-state index in [9.17, 15) is 19.7 Å². The second kappa shape index (κ2) is 10.7. The molecule has 0 saturated carbocycles. The summed E-state index contributed by atoms with van der Waals surface area (Å²) in [6.07, 6.45) is 0.232. The van der Waals surface area contributed by atoms with E-state index in [4.69, 9.17) is 4.74 Å². The molecule has 2 N–H and O–H groups in total. The molecule has 0 aliphatic heterocycles. The summed E-state index contributed by atoms with van der Waals surface area (Å²) >= 11 is 0. The van der Waals surface area contributed by atoms with E-state index in [-0.39, 0.29) is 23.6 Å². The number of hydrogen-bond donors (Lipinski definition) is 2. The quantitative estimate of drug-likeness (QED) is 0.308. The molecular weight excluding hydrogens is 424 g/mol. The van der Waals surface area contributed by atoms with Crippen LogP contribution >= 0.6 is 0 Å². The molecule has 33 heavy (non-hydrogen) atoms. The molecule has 0 atom stereocenters. The Hall–Kier alpha value is -4.53. The molecule has 9 nitrogen and oxygen atoms in total. The van der Waals surface area contributed by atoms with Crippen molar-refractivity contribution in [2.45, 2.75) is 13.3 Å². The van der Waals surface area contributed by atoms with Gasteiger partial charge in [-0.15, -0.1) is 0 Å². The van der Waals surface area contributed by atoms with Crippen molar-refractivity contribution in [3.8, 4) is 5.75 Å². The van der Waals surface area contributed by atoms with E-state index in [1.165, 1.54) is 24.3 Å². The molecule has 2 amide bonds. The monoisotopic (exact) mass is 446 g/mol. The van der Waals surface area contributed by atoms with Gasteiger partial charge >= 0.3 is 0 Å². The van der Waals surface area contributed by atoms with Gasteiger partial charge in [-0.05, 0) is 48.4 Å². The number of anilines is 1. The van der Waals surface area contributed by atoms with Crippen LogP contribution in [0, 0.1) is 10.1 Å². The average Bonchev–Trinajstić information content (AvgIpc) is 2.83. The van der Waals surface area contributed by atoms with Gasteiger partial charge in [-0.2, -0.15) is 5.10 Å². The SMILES string of the molecule is COc1ccc(CC(=O)Nc2ccc(/C(C)=N/NC(=O)c3cccc([N+](=O)[O-])c3)cc2)cc1. The van der Waals surface area contributed by atoms with Crippen molar-refractivity contribution in [1.29, 1.82) is 0 Å². The highest BCUT2D eigenvalue weighted by Gasteiger charge is 2.11. The van der Waals surface area contributed by atoms with Crippen LogP contribution in [0.5, 0.6) is 5.75 Å². The van der Waals surface area contributed by atoms with Gasteiger partial charge in [0.2, 0.25) is 5.91 Å². The number of hydrazone groups is 1. The highest BCUT2D eigenvalue weighted by atomic mass is 16.6. The predicted molar refractivity (Wildman–Crippen MR) is 125 cm³/mol. The lowest BCUT2D eigenvalue weighted by Gasteiger charge is -2.08. The Morgan fingerprint density at radius 1 is 1.00 bits per heavy atom. The van der Waals surface area contributed by atoms with Gasteiger partial charge in [-0.1, -0.05) is 30.3 Å². The normalized spacial score (nSPS) is 10.9. The van der Waals surface area contributed by atoms with E-state index in [1.54, 1.807) is 50.4 Å². The highest BCUT2D eigenvalue weighted by molar-refractivity contribution is 6.01. The number of nitrogens with zero attached hydrogens (tertiary/aromatic N) is 2. The van der Waals surface area contributed by atoms with Gasteiger partial charge < -0.3 is 10.1 Å². The fourth-order valence-electron chi connectivity index (χ4n) is 2.95. The number of nitrogens with one attached hydrogen (secondary N) is 2. The third-order valence-electron chi connectivity index (χ3n) is 4.75. The van der Waals surface area contributed by atoms with E-state index in [0.29, 0.717) is 11.4 Å². The molecule has 0 radical (unpaired) electrons. The topological polar surface area (TPSA) is 123 Å². The van der Waals surface area contributed by atoms with Crippen LogP contribution in [0.3, 0.4) is 0 Å². The summed E-state index contributed by atoms with van der Waals surface area (Å²) in [6, 6.07) is 19.7. The largest absolute Gasteiger partial charge is 0.497 e. The van der Waals surface area contributed by atoms with E-state index < -0.39 is 10.8 Å². The summed E-state index contributed by atoms with van der Waals surface area (Å²) in [4.78, 5) is 34.8. The molecule has 0 spiro atoms. The first-order valence-electron chi connectivity index (χ1n) is 9.98. The molecule has 3 rings (SSSR count). The van der Waals surface area contributed by atoms with Gasteiger partial charge in [0.15, 0.2) is 0 Å². The maximum atomic E-state index is 12.3. The molecule has 0 aliphatic carbocycles. The Morgan fingerprint density at radius 3 is 2.33 bits per heavy atom. The lowest BCUT2D eigenvalue weighted by atomic mass is 10.1. The number of benzene rings is 3. The van der Waals surface area contributed by atoms with Gasteiger partial charge in [-0.25, -0.2) is 5.43 Å². The van der Waals surface area contributed by atoms with Crippen molar-refractivity contribution in [2.75, 3.05) is 12.4 Å². The third kappa shape index (κ3) is 6.47. The molecular formula is C24H22N4O5. The van der Waals surface area contributed by atoms with Crippen LogP contribution in [-0.2, 0) is 11.2 Å². The Labute approximate surface area is 190 Å². The first-order chi connectivity index (χ1) is 15.9. The lowest BCUT2D eigenvalue weighted by Crippen LogP contribution is -2.19. The maximum Gasteiger partial charge on any atom is 0.271 e. The molecule has 0 aliphatic rings. The summed E-state index contributed by atoms with van der Waals surface area (Å²) in [5.74, 6) is 0.0241. The number of amides is 2. The van der Waals surface area contributed by atoms with Crippen LogP contribution in [-0.4, -0.2) is 29.6 Å². The van der Waals surface area contributed by atoms with Crippen LogP contribution in [0.25, 0.3) is 0 Å². The number of carbonyl (C=O) groups excluding carboxylic acids is 2. The van der Waals surface area contributed by atoms with Crippen molar-refractivity contribution >= 4 is 28.9 Å². The summed E-state index contributed by atoms with van der Waals surface area (Å²) in [6.45, 7) is 1.71. The molecule has 0 unspecified atom stereocenters. The Kier molecular flexibility index (Phi) is 7.48. The number of ether oxygens (including phenoxy) is 1. The average molecular weight is 446 g/mol. The number of carbonyl (C=O) groups is 2. The predicted octanol–water partition coefficient (Wildman–Crippen LogP) is 3.94. The van der Waals surface area contributed by atoms with E-state index in [1.807, 2.05) is 12.1 Å². The fraction of sp³-hybridized carbons (Fsp3) is 0.125. The van der Waals surface area contributed by atoms with Crippen LogP contribution in [0.4, 0.5) is 11.4 Å². The number of nitro groups is 1. The molecule has 3 aromatic rings. The fourth-order valence-corrected chi connectivity index (χ4v) is 2.95. The zero-order chi connectivity index (χ0) is 23.8. The number of rotatable bonds is 8. The smallest absolute Gasteiger partial charge is 0.271 e. The third-order valence-corrected chi connectivity index (χ3v) is 4.75. The van der Waals surface area contributed by atoms with E-state index in [0.717, 1.165) is 16.9 Å². The lowest BCUT2D eigenvalue weighted by molar-refractivity contribution is -0.384. The van der Waals surface area contributed by atoms with Crippen molar-refractivity contribution in [2.24, 2.45) is 5.10 Å². The molecule has 0 fully saturated rings. The van der Waals surface area contributed by atoms with Crippen LogP contribution in [0.15, 0.2) is 77.9 Å². The number of methoxy groups -OCH3 is 1. The first-order valence-corrected chi connectivity index (χ1v) is 9.98. The molecule has 0 saturated heterocycles. The second-order valence-electron chi connectivity index (χ2n) is 7.10. The minimum Gasteiger partial charge on any atom is -0.497 e. The maximum absolute atomic E-state index is 12.3. The van der Waals surface area contributed by atoms with Crippen molar-refractivity contribution in [3.63, 3.8) is 0 Å². The number of non-ortho nitro benzene ring substituents is 1. The molecule has 3 aromatic carbocycles.